The first-order chi connectivity index (χ1) is 49.6. The molecular weight excluding hydrogens is 1340 g/mol. The molecule has 0 spiro atoms. The predicted molar refractivity (Wildman–Crippen MR) is 388 cm³/mol. The van der Waals surface area contributed by atoms with Gasteiger partial charge in [-0.3, -0.25) is 43.3 Å². The largest absolute Gasteiger partial charge is 0.493 e. The van der Waals surface area contributed by atoms with Crippen molar-refractivity contribution in [3.63, 3.8) is 0 Å². The molecule has 4 aliphatic heterocycles. The second-order valence-corrected chi connectivity index (χ2v) is 27.3. The average molecular weight is 1440 g/mol. The van der Waals surface area contributed by atoms with Crippen molar-refractivity contribution < 1.29 is 86.2 Å². The van der Waals surface area contributed by atoms with Crippen molar-refractivity contribution >= 4 is 82.2 Å². The Balaban J connectivity index is 0.863. The van der Waals surface area contributed by atoms with E-state index in [1.54, 1.807) is 120 Å². The molecule has 0 saturated carbocycles. The van der Waals surface area contributed by atoms with Gasteiger partial charge in [-0.15, -0.1) is 0 Å². The van der Waals surface area contributed by atoms with E-state index in [1.807, 2.05) is 20.8 Å². The molecule has 28 heteroatoms. The first-order valence-electron chi connectivity index (χ1n) is 35.5. The number of rotatable bonds is 33. The minimum atomic E-state index is -1.55. The maximum atomic E-state index is 14.3. The van der Waals surface area contributed by atoms with Crippen molar-refractivity contribution in [3.8, 4) is 23.0 Å². The van der Waals surface area contributed by atoms with Gasteiger partial charge < -0.3 is 80.0 Å². The molecule has 4 aromatic carbocycles. The van der Waals surface area contributed by atoms with Gasteiger partial charge in [0.05, 0.1) is 81.1 Å². The van der Waals surface area contributed by atoms with Crippen LogP contribution in [0.25, 0.3) is 0 Å². The number of fused-ring (bicyclic) bond motifs is 4. The van der Waals surface area contributed by atoms with Gasteiger partial charge in [-0.05, 0) is 133 Å². The maximum Gasteiger partial charge on any atom is 0.416 e. The Morgan fingerprint density at radius 1 is 0.548 bits per heavy atom. The second kappa shape index (κ2) is 36.8. The number of hydrogen-bond acceptors (Lipinski definition) is 18. The molecule has 104 heavy (non-hydrogen) atoms. The van der Waals surface area contributed by atoms with Crippen molar-refractivity contribution in [2.75, 3.05) is 61.0 Å². The van der Waals surface area contributed by atoms with Gasteiger partial charge in [-0.25, -0.2) is 14.5 Å². The van der Waals surface area contributed by atoms with E-state index in [1.165, 1.54) is 43.1 Å². The number of ether oxygens (including phenoxy) is 7. The van der Waals surface area contributed by atoms with Gasteiger partial charge in [0.25, 0.3) is 11.8 Å². The Kier molecular flexibility index (Phi) is 28.1. The lowest BCUT2D eigenvalue weighted by Crippen LogP contribution is -2.54. The Labute approximate surface area is 607 Å². The van der Waals surface area contributed by atoms with Crippen LogP contribution in [0, 0.1) is 11.8 Å². The van der Waals surface area contributed by atoms with Crippen LogP contribution in [0.1, 0.15) is 166 Å². The predicted octanol–water partition coefficient (Wildman–Crippen LogP) is 9.37. The third-order valence-electron chi connectivity index (χ3n) is 18.2. The van der Waals surface area contributed by atoms with E-state index in [0.717, 1.165) is 28.9 Å². The number of hydrogen-bond donors (Lipinski definition) is 7. The van der Waals surface area contributed by atoms with Crippen LogP contribution in [0.2, 0.25) is 0 Å². The number of nitrogens with zero attached hydrogens (tertiary/aromatic N) is 4. The number of unbranched alkanes of at least 4 members (excludes halogenated alkanes) is 3. The minimum absolute atomic E-state index is 0.0287. The van der Waals surface area contributed by atoms with Gasteiger partial charge in [0.1, 0.15) is 37.4 Å². The van der Waals surface area contributed by atoms with E-state index >= 15 is 0 Å². The molecule has 562 valence electrons. The summed E-state index contributed by atoms with van der Waals surface area (Å²) in [6.45, 7) is 20.1. The van der Waals surface area contributed by atoms with E-state index in [-0.39, 0.29) is 139 Å². The Bertz CT molecular complexity index is 3840. The van der Waals surface area contributed by atoms with Crippen molar-refractivity contribution in [3.05, 3.63) is 119 Å². The van der Waals surface area contributed by atoms with E-state index in [0.29, 0.717) is 54.8 Å². The number of amides is 10. The fourth-order valence-corrected chi connectivity index (χ4v) is 12.3. The average Bonchev–Trinajstić information content (AvgIpc) is 1.60. The second-order valence-electron chi connectivity index (χ2n) is 27.3. The number of aliphatic hydroxyl groups excluding tert-OH is 1. The van der Waals surface area contributed by atoms with Crippen LogP contribution in [0.4, 0.5) is 32.3 Å². The molecule has 4 heterocycles. The van der Waals surface area contributed by atoms with Gasteiger partial charge in [-0.1, -0.05) is 83.4 Å². The van der Waals surface area contributed by atoms with Crippen LogP contribution < -0.4 is 60.6 Å². The molecule has 10 amide bonds. The lowest BCUT2D eigenvalue weighted by Gasteiger charge is -2.31. The maximum absolute atomic E-state index is 14.3. The standard InChI is InChI=1S/C76H100N10O18/c1-14-16-28-100-47(9)33-65(88)82-67(44(5)6)71(92)78-49(11)69(90)79-52-24-20-50(21-25-52)41-103-75(96)85-40-54-31-45(7)38-83(54)72(93)55-34-60(98-12)62(36-57(55)85)101-29-18-17-19-30-102-63-37-58-56(35-61(63)99-13)73(94)84-39-46(8)32-59(84)74(95)86(58)76(97)104-42-51-22-26-53(27-23-51)80-68(89)48(10)77-70(91)66(43(3)4)81-64(87)15-2/h20-27,34-39,43-44,47-49,54,59,66-67,74,95H,14-19,28-33,40-42H2,1-13H3,(H,77,91)(H,78,92)(H,79,90)(H,80,89)(H,81,87)(H,82,88)/t47?,48?,49-,54?,59-,66?,67?,74-/m0/s1. The number of benzene rings is 4. The van der Waals surface area contributed by atoms with Crippen LogP contribution in [-0.4, -0.2) is 164 Å². The summed E-state index contributed by atoms with van der Waals surface area (Å²) in [7, 11) is 2.87. The molecule has 5 unspecified atom stereocenters. The van der Waals surface area contributed by atoms with E-state index < -0.39 is 78.2 Å². The molecule has 0 bridgehead atoms. The van der Waals surface area contributed by atoms with Crippen LogP contribution in [-0.2, 0) is 56.2 Å². The molecule has 0 radical (unpaired) electrons. The highest BCUT2D eigenvalue weighted by atomic mass is 16.6. The Morgan fingerprint density at radius 2 is 1.03 bits per heavy atom. The molecule has 4 aliphatic rings. The summed E-state index contributed by atoms with van der Waals surface area (Å²) in [4.78, 5) is 140. The summed E-state index contributed by atoms with van der Waals surface area (Å²) < 4.78 is 41.5. The third kappa shape index (κ3) is 20.4. The highest BCUT2D eigenvalue weighted by molar-refractivity contribution is 6.08. The van der Waals surface area contributed by atoms with Crippen molar-refractivity contribution in [1.29, 1.82) is 0 Å². The summed E-state index contributed by atoms with van der Waals surface area (Å²) >= 11 is 0. The fraction of sp³-hybridized carbons (Fsp3) is 0.500. The number of nitrogens with one attached hydrogen (secondary N) is 6. The molecule has 0 saturated heterocycles. The number of anilines is 4. The smallest absolute Gasteiger partial charge is 0.416 e. The van der Waals surface area contributed by atoms with Gasteiger partial charge >= 0.3 is 12.2 Å². The first-order valence-corrected chi connectivity index (χ1v) is 35.5. The summed E-state index contributed by atoms with van der Waals surface area (Å²) in [5, 5.41) is 28.4. The molecule has 4 aromatic rings. The quantitative estimate of drug-likeness (QED) is 0.0218. The summed E-state index contributed by atoms with van der Waals surface area (Å²) in [6, 6.07) is 14.4. The van der Waals surface area contributed by atoms with Gasteiger partial charge in [0, 0.05) is 48.9 Å². The van der Waals surface area contributed by atoms with Gasteiger partial charge in [0.15, 0.2) is 29.2 Å². The SMILES string of the molecule is CCCCOC(C)CC(=O)NC(C(=O)N[C@@H](C)C(=O)Nc1ccc(COC(=O)N2CC3CC(C)=CN3C(=O)c3cc(OC)c(OCCCCCOc4cc5c(cc4OC)C(=O)N4C=C(C)C[C@H]4[C@H](O)N5C(=O)OCc4ccc(NC(=O)C(C)NC(=O)C(NC(=O)CC)C(C)C)cc4)cc32)cc1)C(C)C. The zero-order valence-electron chi connectivity index (χ0n) is 61.6. The molecule has 7 N–H and O–H groups in total. The molecule has 8 rings (SSSR count). The number of methoxy groups -OCH3 is 2. The molecule has 8 atom stereocenters. The minimum Gasteiger partial charge on any atom is -0.493 e. The zero-order chi connectivity index (χ0) is 75.6. The van der Waals surface area contributed by atoms with Gasteiger partial charge in [0.2, 0.25) is 35.4 Å². The van der Waals surface area contributed by atoms with Gasteiger partial charge in [-0.2, -0.15) is 0 Å². The number of carbonyl (C=O) groups is 10. The lowest BCUT2D eigenvalue weighted by molar-refractivity contribution is -0.132. The zero-order valence-corrected chi connectivity index (χ0v) is 61.6. The fourth-order valence-electron chi connectivity index (χ4n) is 12.3. The first kappa shape index (κ1) is 79.5. The topological polar surface area (TPSA) is 341 Å². The molecule has 0 aromatic heterocycles. The van der Waals surface area contributed by atoms with Crippen molar-refractivity contribution in [2.45, 2.75) is 196 Å². The summed E-state index contributed by atoms with van der Waals surface area (Å²) in [6.07, 6.45) is 4.42. The molecule has 0 aliphatic carbocycles. The normalized spacial score (nSPS) is 17.4. The summed E-state index contributed by atoms with van der Waals surface area (Å²) in [5.41, 5.74) is 4.25. The van der Waals surface area contributed by atoms with Crippen LogP contribution in [0.5, 0.6) is 23.0 Å². The molecule has 28 nitrogen and oxygen atoms in total. The van der Waals surface area contributed by atoms with Crippen molar-refractivity contribution in [2.24, 2.45) is 11.8 Å². The van der Waals surface area contributed by atoms with Crippen LogP contribution in [0.15, 0.2) is 96.3 Å². The Hall–Kier alpha value is -10.2. The molecular formula is C76H100N10O18. The summed E-state index contributed by atoms with van der Waals surface area (Å²) in [5.74, 6) is -2.99. The van der Waals surface area contributed by atoms with Crippen LogP contribution in [0.3, 0.4) is 0 Å². The van der Waals surface area contributed by atoms with E-state index in [2.05, 4.69) is 38.8 Å². The molecule has 0 fully saturated rings. The van der Waals surface area contributed by atoms with Crippen LogP contribution >= 0.6 is 0 Å². The third-order valence-corrected chi connectivity index (χ3v) is 18.2. The highest BCUT2D eigenvalue weighted by Gasteiger charge is 2.46. The number of carbonyl (C=O) groups excluding carboxylic acids is 10. The van der Waals surface area contributed by atoms with E-state index in [9.17, 15) is 53.1 Å². The lowest BCUT2D eigenvalue weighted by atomic mass is 10.0. The monoisotopic (exact) mass is 1440 g/mol. The Morgan fingerprint density at radius 3 is 1.54 bits per heavy atom. The van der Waals surface area contributed by atoms with E-state index in [4.69, 9.17) is 33.2 Å². The van der Waals surface area contributed by atoms with Crippen molar-refractivity contribution in [1.82, 2.24) is 31.1 Å². The number of aliphatic hydroxyl groups is 1. The highest BCUT2D eigenvalue weighted by Crippen LogP contribution is 2.44.